The second-order valence-corrected chi connectivity index (χ2v) is 2.44. The molecule has 0 atom stereocenters. The fourth-order valence-electron chi connectivity index (χ4n) is 0.893. The van der Waals surface area contributed by atoms with E-state index in [-0.39, 0.29) is 4.90 Å². The molecule has 1 aliphatic heterocycles. The molecule has 0 amide bonds. The Hall–Kier alpha value is -1.32. The Kier molecular flexibility index (Phi) is 0.715. The number of hydrogen-bond acceptors (Lipinski definition) is 3. The number of piperidine rings is 1. The van der Waals surface area contributed by atoms with Crippen molar-refractivity contribution in [2.75, 3.05) is 17.9 Å². The molecule has 0 bridgehead atoms. The third-order valence-electron chi connectivity index (χ3n) is 1.49. The minimum atomic E-state index is -3.80. The van der Waals surface area contributed by atoms with Gasteiger partial charge in [0.25, 0.3) is 0 Å². The lowest BCUT2D eigenvalue weighted by atomic mass is 9.99. The summed E-state index contributed by atoms with van der Waals surface area (Å²) in [7, 11) is 0. The van der Waals surface area contributed by atoms with Crippen molar-refractivity contribution in [3.63, 3.8) is 0 Å². The number of aromatic nitrogens is 2. The van der Waals surface area contributed by atoms with E-state index in [4.69, 9.17) is 16.4 Å². The van der Waals surface area contributed by atoms with Crippen LogP contribution in [-0.4, -0.2) is 23.0 Å². The van der Waals surface area contributed by atoms with Gasteiger partial charge < -0.3 is 4.90 Å². The average molecular weight is 205 g/mol. The van der Waals surface area contributed by atoms with Gasteiger partial charge in [-0.3, -0.25) is 4.98 Å². The number of anilines is 1. The van der Waals surface area contributed by atoms with Crippen molar-refractivity contribution in [2.24, 2.45) is 5.89 Å². The first-order chi connectivity index (χ1) is 11.4. The van der Waals surface area contributed by atoms with Crippen LogP contribution in [0.3, 0.4) is 0 Å². The molecule has 1 fully saturated rings. The number of H-pyrrole nitrogens is 1. The summed E-state index contributed by atoms with van der Waals surface area (Å²) in [5.41, 5.74) is -1.03. The molecule has 76 valence electrons. The number of nitrogens with zero attached hydrogens (tertiary/aromatic N) is 2. The zero-order valence-corrected chi connectivity index (χ0v) is 6.96. The summed E-state index contributed by atoms with van der Waals surface area (Å²) in [5, 5.41) is 0. The van der Waals surface area contributed by atoms with Crippen molar-refractivity contribution >= 4 is 5.82 Å². The maximum Gasteiger partial charge on any atom is 0.346 e. The van der Waals surface area contributed by atoms with Gasteiger partial charge in [0.2, 0.25) is 0 Å². The minimum Gasteiger partial charge on any atom is -0.358 e. The van der Waals surface area contributed by atoms with Crippen molar-refractivity contribution < 1.29 is 16.4 Å². The molecule has 0 saturated carbocycles. The van der Waals surface area contributed by atoms with Crippen LogP contribution in [0.25, 0.3) is 0 Å². The van der Waals surface area contributed by atoms with Gasteiger partial charge in [-0.2, -0.15) is 0 Å². The Morgan fingerprint density at radius 2 is 2.57 bits per heavy atom. The highest BCUT2D eigenvalue weighted by atomic mass is 16.1. The molecule has 0 aliphatic carbocycles. The molecule has 0 spiro atoms. The highest BCUT2D eigenvalue weighted by Gasteiger charge is 2.16. The SMILES string of the molecule is [2H]C([2H])([2H])C1([2H])C([2H])([2H])C([2H])([2H])N(c2ccnc(=O)[nH]2)C([2H])([2H])C1([2H])[2H]. The van der Waals surface area contributed by atoms with Crippen molar-refractivity contribution in [2.45, 2.75) is 19.6 Å². The molecular weight excluding hydrogens is 178 g/mol. The first kappa shape index (κ1) is 2.62. The van der Waals surface area contributed by atoms with Crippen molar-refractivity contribution in [1.29, 1.82) is 0 Å². The maximum absolute atomic E-state index is 11.4. The highest BCUT2D eigenvalue weighted by Crippen LogP contribution is 2.19. The van der Waals surface area contributed by atoms with Gasteiger partial charge in [-0.15, -0.1) is 0 Å². The molecular formula is C10H15N3O. The van der Waals surface area contributed by atoms with E-state index in [2.05, 4.69) is 4.98 Å². The number of aromatic amines is 1. The molecule has 1 aliphatic rings. The summed E-state index contributed by atoms with van der Waals surface area (Å²) in [6.45, 7) is -10.8. The van der Waals surface area contributed by atoms with E-state index < -0.39 is 50.0 Å². The molecule has 0 unspecified atom stereocenters. The van der Waals surface area contributed by atoms with E-state index in [0.29, 0.717) is 0 Å². The third kappa shape index (κ3) is 1.95. The van der Waals surface area contributed by atoms with Gasteiger partial charge in [0.05, 0.1) is 0 Å². The molecule has 2 rings (SSSR count). The lowest BCUT2D eigenvalue weighted by Gasteiger charge is -2.31. The minimum absolute atomic E-state index is 0.0262. The van der Waals surface area contributed by atoms with Crippen LogP contribution < -0.4 is 10.6 Å². The summed E-state index contributed by atoms with van der Waals surface area (Å²) in [5.74, 6) is -4.45. The van der Waals surface area contributed by atoms with Crippen LogP contribution in [0, 0.1) is 5.89 Å². The zero-order chi connectivity index (χ0) is 20.6. The fraction of sp³-hybridized carbons (Fsp3) is 0.600. The van der Waals surface area contributed by atoms with Crippen LogP contribution in [-0.2, 0) is 0 Å². The summed E-state index contributed by atoms with van der Waals surface area (Å²) in [4.78, 5) is 16.6. The van der Waals surface area contributed by atoms with E-state index in [1.165, 1.54) is 0 Å². The van der Waals surface area contributed by atoms with E-state index in [1.807, 2.05) is 4.98 Å². The molecule has 4 nitrogen and oxygen atoms in total. The normalized spacial score (nSPS) is 48.7. The topological polar surface area (TPSA) is 49.0 Å². The quantitative estimate of drug-likeness (QED) is 0.744. The monoisotopic (exact) mass is 205 g/mol. The average Bonchev–Trinajstić information content (AvgIpc) is 2.42. The van der Waals surface area contributed by atoms with E-state index >= 15 is 0 Å². The zero-order valence-electron chi connectivity index (χ0n) is 19.0. The van der Waals surface area contributed by atoms with Gasteiger partial charge in [0.15, 0.2) is 0 Å². The molecule has 1 saturated heterocycles. The van der Waals surface area contributed by atoms with Crippen LogP contribution in [0.1, 0.15) is 36.0 Å². The summed E-state index contributed by atoms with van der Waals surface area (Å²) in [6.07, 6.45) is -6.57. The van der Waals surface area contributed by atoms with E-state index in [0.717, 1.165) is 12.3 Å². The van der Waals surface area contributed by atoms with Crippen LogP contribution in [0.4, 0.5) is 5.82 Å². The van der Waals surface area contributed by atoms with Crippen molar-refractivity contribution in [3.05, 3.63) is 22.7 Å². The van der Waals surface area contributed by atoms with Gasteiger partial charge in [-0.25, -0.2) is 9.78 Å². The number of hydrogen-bond donors (Lipinski definition) is 1. The lowest BCUT2D eigenvalue weighted by Crippen LogP contribution is -2.34. The van der Waals surface area contributed by atoms with E-state index in [1.54, 1.807) is 0 Å². The van der Waals surface area contributed by atoms with Crippen LogP contribution in [0.15, 0.2) is 17.1 Å². The van der Waals surface area contributed by atoms with Gasteiger partial charge in [-0.1, -0.05) is 6.85 Å². The Labute approximate surface area is 99.8 Å². The van der Waals surface area contributed by atoms with Crippen molar-refractivity contribution in [1.82, 2.24) is 9.97 Å². The summed E-state index contributed by atoms with van der Waals surface area (Å²) < 4.78 is 94.6. The largest absolute Gasteiger partial charge is 0.358 e. The molecule has 1 N–H and O–H groups in total. The number of rotatable bonds is 1. The molecule has 1 aromatic rings. The summed E-state index contributed by atoms with van der Waals surface area (Å²) in [6, 6.07) is 0.912. The van der Waals surface area contributed by atoms with Gasteiger partial charge in [0.1, 0.15) is 5.82 Å². The Bertz CT molecular complexity index is 741. The van der Waals surface area contributed by atoms with E-state index in [9.17, 15) is 4.79 Å². The molecule has 4 heteroatoms. The molecule has 0 aromatic carbocycles. The maximum atomic E-state index is 11.4. The smallest absolute Gasteiger partial charge is 0.346 e. The Morgan fingerprint density at radius 1 is 1.79 bits per heavy atom. The predicted octanol–water partition coefficient (Wildman–Crippen LogP) is 1.01. The predicted molar refractivity (Wildman–Crippen MR) is 55.5 cm³/mol. The van der Waals surface area contributed by atoms with Gasteiger partial charge >= 0.3 is 5.69 Å². The van der Waals surface area contributed by atoms with Crippen molar-refractivity contribution in [3.8, 4) is 0 Å². The molecule has 14 heavy (non-hydrogen) atoms. The second kappa shape index (κ2) is 3.82. The van der Waals surface area contributed by atoms with Crippen LogP contribution in [0.2, 0.25) is 0 Å². The summed E-state index contributed by atoms with van der Waals surface area (Å²) >= 11 is 0. The Balaban J connectivity index is 2.91. The standard InChI is InChI=1S/C10H15N3O/c1-8-3-6-13(7-4-8)9-2-5-11-10(14)12-9/h2,5,8H,3-4,6-7H2,1H3,(H,11,12,14)/i1D3,3D2,4D2,6D2,7D2,8D. The third-order valence-corrected chi connectivity index (χ3v) is 1.49. The first-order valence-electron chi connectivity index (χ1n) is 9.73. The molecule has 1 aromatic heterocycles. The van der Waals surface area contributed by atoms with Crippen LogP contribution in [0.5, 0.6) is 0 Å². The molecule has 2 heterocycles. The molecule has 0 radical (unpaired) electrons. The fourth-order valence-corrected chi connectivity index (χ4v) is 0.893. The second-order valence-electron chi connectivity index (χ2n) is 2.44. The van der Waals surface area contributed by atoms with Gasteiger partial charge in [-0.05, 0) is 24.7 Å². The Morgan fingerprint density at radius 3 is 3.21 bits per heavy atom. The number of nitrogens with one attached hydrogen (secondary N) is 1. The first-order valence-corrected chi connectivity index (χ1v) is 3.73. The van der Waals surface area contributed by atoms with Gasteiger partial charge in [0, 0.05) is 35.6 Å². The highest BCUT2D eigenvalue weighted by molar-refractivity contribution is 5.36. The lowest BCUT2D eigenvalue weighted by molar-refractivity contribution is 0.436. The van der Waals surface area contributed by atoms with Crippen LogP contribution >= 0.6 is 0 Å².